The molecule has 2 aromatic rings. The highest BCUT2D eigenvalue weighted by molar-refractivity contribution is 9.10. The number of hydrogen-bond donors (Lipinski definition) is 1. The molecule has 0 aliphatic carbocycles. The van der Waals surface area contributed by atoms with Crippen molar-refractivity contribution in [3.05, 3.63) is 63.1 Å². The first-order chi connectivity index (χ1) is 15.0. The summed E-state index contributed by atoms with van der Waals surface area (Å²) in [4.78, 5) is 27.3. The number of carbonyl (C=O) groups is 2. The van der Waals surface area contributed by atoms with Crippen LogP contribution in [-0.4, -0.2) is 50.5 Å². The number of amides is 2. The van der Waals surface area contributed by atoms with Gasteiger partial charge < -0.3 is 10.2 Å². The molecule has 0 aliphatic heterocycles. The third-order valence-electron chi connectivity index (χ3n) is 4.97. The van der Waals surface area contributed by atoms with E-state index in [9.17, 15) is 18.0 Å². The van der Waals surface area contributed by atoms with E-state index in [1.54, 1.807) is 39.0 Å². The summed E-state index contributed by atoms with van der Waals surface area (Å²) in [6.45, 7) is 5.21. The van der Waals surface area contributed by atoms with Gasteiger partial charge in [0.05, 0.1) is 11.9 Å². The summed E-state index contributed by atoms with van der Waals surface area (Å²) >= 11 is 9.56. The molecule has 0 unspecified atom stereocenters. The average Bonchev–Trinajstić information content (AvgIpc) is 2.72. The van der Waals surface area contributed by atoms with Crippen molar-refractivity contribution < 1.29 is 18.0 Å². The summed E-state index contributed by atoms with van der Waals surface area (Å²) in [6, 6.07) is 11.4. The smallest absolute Gasteiger partial charge is 0.244 e. The van der Waals surface area contributed by atoms with E-state index in [-0.39, 0.29) is 12.5 Å². The van der Waals surface area contributed by atoms with Crippen molar-refractivity contribution in [2.45, 2.75) is 33.4 Å². The molecule has 1 N–H and O–H groups in total. The highest BCUT2D eigenvalue weighted by atomic mass is 79.9. The summed E-state index contributed by atoms with van der Waals surface area (Å²) in [6.07, 6.45) is 1.03. The van der Waals surface area contributed by atoms with E-state index in [4.69, 9.17) is 11.6 Å². The number of nitrogens with zero attached hydrogens (tertiary/aromatic N) is 2. The average molecular weight is 545 g/mol. The Morgan fingerprint density at radius 2 is 1.78 bits per heavy atom. The number of sulfonamides is 1. The number of halogens is 2. The van der Waals surface area contributed by atoms with Crippen LogP contribution < -0.4 is 9.62 Å². The summed E-state index contributed by atoms with van der Waals surface area (Å²) in [5.41, 5.74) is 1.67. The molecule has 32 heavy (non-hydrogen) atoms. The van der Waals surface area contributed by atoms with Gasteiger partial charge in [-0.2, -0.15) is 0 Å². The molecule has 2 rings (SSSR count). The molecule has 7 nitrogen and oxygen atoms in total. The van der Waals surface area contributed by atoms with Crippen LogP contribution in [0.3, 0.4) is 0 Å². The molecule has 0 bridgehead atoms. The fraction of sp³-hybridized carbons (Fsp3) is 0.364. The van der Waals surface area contributed by atoms with Crippen molar-refractivity contribution in [3.8, 4) is 0 Å². The Kier molecular flexibility index (Phi) is 9.12. The Labute approximate surface area is 202 Å². The van der Waals surface area contributed by atoms with Crippen LogP contribution in [0.5, 0.6) is 0 Å². The molecule has 2 amide bonds. The monoisotopic (exact) mass is 543 g/mol. The molecule has 10 heteroatoms. The molecule has 0 saturated heterocycles. The van der Waals surface area contributed by atoms with Gasteiger partial charge in [-0.15, -0.1) is 0 Å². The minimum atomic E-state index is -3.80. The Bertz CT molecular complexity index is 1080. The van der Waals surface area contributed by atoms with E-state index < -0.39 is 28.5 Å². The maximum atomic E-state index is 13.4. The standard InChI is InChI=1S/C22H27BrClN3O4S/c1-5-25-22(29)16(3)26(13-17-9-11-18(23)12-10-17)21(28)14-27(32(4,30)31)20-8-6-7-19(24)15(20)2/h6-12,16H,5,13-14H2,1-4H3,(H,25,29)/t16-/m1/s1. The van der Waals surface area contributed by atoms with E-state index >= 15 is 0 Å². The number of likely N-dealkylation sites (N-methyl/N-ethyl adjacent to an activating group) is 1. The van der Waals surface area contributed by atoms with Gasteiger partial charge in [0.2, 0.25) is 21.8 Å². The minimum absolute atomic E-state index is 0.149. The van der Waals surface area contributed by atoms with Crippen LogP contribution >= 0.6 is 27.5 Å². The quantitative estimate of drug-likeness (QED) is 0.521. The molecule has 0 aliphatic rings. The van der Waals surface area contributed by atoms with Gasteiger partial charge in [-0.3, -0.25) is 13.9 Å². The van der Waals surface area contributed by atoms with Gasteiger partial charge >= 0.3 is 0 Å². The second-order valence-corrected chi connectivity index (χ2v) is 10.6. The Balaban J connectivity index is 2.42. The highest BCUT2D eigenvalue weighted by Gasteiger charge is 2.30. The molecule has 0 radical (unpaired) electrons. The number of carbonyl (C=O) groups excluding carboxylic acids is 2. The largest absolute Gasteiger partial charge is 0.355 e. The fourth-order valence-corrected chi connectivity index (χ4v) is 4.49. The SMILES string of the molecule is CCNC(=O)[C@@H](C)N(Cc1ccc(Br)cc1)C(=O)CN(c1cccc(Cl)c1C)S(C)(=O)=O. The van der Waals surface area contributed by atoms with E-state index in [0.29, 0.717) is 22.8 Å². The molecular weight excluding hydrogens is 518 g/mol. The van der Waals surface area contributed by atoms with Crippen molar-refractivity contribution in [3.63, 3.8) is 0 Å². The summed E-state index contributed by atoms with van der Waals surface area (Å²) < 4.78 is 27.1. The molecule has 2 aromatic carbocycles. The van der Waals surface area contributed by atoms with Crippen molar-refractivity contribution in [1.29, 1.82) is 0 Å². The summed E-state index contributed by atoms with van der Waals surface area (Å²) in [7, 11) is -3.80. The van der Waals surface area contributed by atoms with Crippen LogP contribution in [-0.2, 0) is 26.2 Å². The normalized spacial score (nSPS) is 12.2. The van der Waals surface area contributed by atoms with Crippen LogP contribution in [0.25, 0.3) is 0 Å². The van der Waals surface area contributed by atoms with E-state index in [1.165, 1.54) is 4.90 Å². The van der Waals surface area contributed by atoms with Crippen LogP contribution in [0.4, 0.5) is 5.69 Å². The van der Waals surface area contributed by atoms with Gasteiger partial charge in [-0.05, 0) is 56.2 Å². The maximum absolute atomic E-state index is 13.4. The van der Waals surface area contributed by atoms with Gasteiger partial charge in [-0.1, -0.05) is 45.7 Å². The molecule has 0 aromatic heterocycles. The second-order valence-electron chi connectivity index (χ2n) is 7.37. The number of hydrogen-bond acceptors (Lipinski definition) is 4. The first-order valence-corrected chi connectivity index (χ1v) is 13.0. The summed E-state index contributed by atoms with van der Waals surface area (Å²) in [5, 5.41) is 3.11. The lowest BCUT2D eigenvalue weighted by atomic mass is 10.1. The number of anilines is 1. The topological polar surface area (TPSA) is 86.8 Å². The zero-order chi connectivity index (χ0) is 24.1. The lowest BCUT2D eigenvalue weighted by Crippen LogP contribution is -2.51. The molecular formula is C22H27BrClN3O4S. The van der Waals surface area contributed by atoms with Crippen LogP contribution in [0.15, 0.2) is 46.9 Å². The number of rotatable bonds is 9. The Morgan fingerprint density at radius 3 is 2.34 bits per heavy atom. The third-order valence-corrected chi connectivity index (χ3v) is 7.04. The lowest BCUT2D eigenvalue weighted by Gasteiger charge is -2.32. The van der Waals surface area contributed by atoms with Gasteiger partial charge in [0.1, 0.15) is 12.6 Å². The predicted molar refractivity (Wildman–Crippen MR) is 131 cm³/mol. The minimum Gasteiger partial charge on any atom is -0.355 e. The van der Waals surface area contributed by atoms with E-state index in [1.807, 2.05) is 24.3 Å². The van der Waals surface area contributed by atoms with Crippen molar-refractivity contribution in [2.75, 3.05) is 23.7 Å². The van der Waals surface area contributed by atoms with E-state index in [0.717, 1.165) is 20.6 Å². The predicted octanol–water partition coefficient (Wildman–Crippen LogP) is 3.73. The summed E-state index contributed by atoms with van der Waals surface area (Å²) in [5.74, 6) is -0.820. The number of nitrogens with one attached hydrogen (secondary N) is 1. The molecule has 0 fully saturated rings. The van der Waals surface area contributed by atoms with Crippen molar-refractivity contribution >= 4 is 55.1 Å². The highest BCUT2D eigenvalue weighted by Crippen LogP contribution is 2.28. The van der Waals surface area contributed by atoms with Gasteiger partial charge in [-0.25, -0.2) is 8.42 Å². The molecule has 0 heterocycles. The van der Waals surface area contributed by atoms with Gasteiger partial charge in [0.25, 0.3) is 0 Å². The molecule has 174 valence electrons. The molecule has 0 saturated carbocycles. The van der Waals surface area contributed by atoms with Gasteiger partial charge in [0.15, 0.2) is 0 Å². The van der Waals surface area contributed by atoms with Crippen LogP contribution in [0, 0.1) is 6.92 Å². The van der Waals surface area contributed by atoms with Gasteiger partial charge in [0, 0.05) is 22.6 Å². The molecule has 1 atom stereocenters. The first-order valence-electron chi connectivity index (χ1n) is 10.00. The zero-order valence-corrected chi connectivity index (χ0v) is 21.6. The Morgan fingerprint density at radius 1 is 1.16 bits per heavy atom. The van der Waals surface area contributed by atoms with Crippen LogP contribution in [0.2, 0.25) is 5.02 Å². The molecule has 0 spiro atoms. The first kappa shape index (κ1) is 26.2. The van der Waals surface area contributed by atoms with Crippen molar-refractivity contribution in [1.82, 2.24) is 10.2 Å². The van der Waals surface area contributed by atoms with Crippen LogP contribution in [0.1, 0.15) is 25.0 Å². The third kappa shape index (κ3) is 6.70. The number of benzene rings is 2. The lowest BCUT2D eigenvalue weighted by molar-refractivity contribution is -0.139. The zero-order valence-electron chi connectivity index (χ0n) is 18.4. The maximum Gasteiger partial charge on any atom is 0.244 e. The second kappa shape index (κ2) is 11.2. The van der Waals surface area contributed by atoms with E-state index in [2.05, 4.69) is 21.2 Å². The fourth-order valence-electron chi connectivity index (χ4n) is 3.15. The Hall–Kier alpha value is -2.10. The van der Waals surface area contributed by atoms with Crippen molar-refractivity contribution in [2.24, 2.45) is 0 Å².